The number of hydrogen-bond donors (Lipinski definition) is 1. The zero-order chi connectivity index (χ0) is 25.1. The van der Waals surface area contributed by atoms with E-state index in [1.54, 1.807) is 18.2 Å². The van der Waals surface area contributed by atoms with E-state index in [0.717, 1.165) is 33.8 Å². The van der Waals surface area contributed by atoms with E-state index in [2.05, 4.69) is 10.4 Å². The molecule has 0 aliphatic heterocycles. The van der Waals surface area contributed by atoms with Gasteiger partial charge in [-0.3, -0.25) is 9.48 Å². The summed E-state index contributed by atoms with van der Waals surface area (Å²) < 4.78 is 7.76. The summed E-state index contributed by atoms with van der Waals surface area (Å²) in [4.78, 5) is 13.1. The average Bonchev–Trinajstić information content (AvgIpc) is 3.08. The molecule has 0 bridgehead atoms. The fourth-order valence-electron chi connectivity index (χ4n) is 3.77. The average molecular weight is 529 g/mol. The van der Waals surface area contributed by atoms with E-state index in [4.69, 9.17) is 39.5 Å². The predicted molar refractivity (Wildman–Crippen MR) is 142 cm³/mol. The second-order valence-electron chi connectivity index (χ2n) is 8.30. The summed E-state index contributed by atoms with van der Waals surface area (Å²) in [6, 6.07) is 18.3. The zero-order valence-corrected chi connectivity index (χ0v) is 21.8. The number of amides is 1. The Kier molecular flexibility index (Phi) is 7.70. The van der Waals surface area contributed by atoms with E-state index in [1.165, 1.54) is 0 Å². The van der Waals surface area contributed by atoms with Gasteiger partial charge in [-0.1, -0.05) is 53.0 Å². The van der Waals surface area contributed by atoms with Crippen LogP contribution in [0.25, 0.3) is 0 Å². The molecular weight excluding hydrogens is 505 g/mol. The highest BCUT2D eigenvalue weighted by atomic mass is 35.5. The molecule has 0 atom stereocenters. The Balaban J connectivity index is 1.46. The van der Waals surface area contributed by atoms with Crippen molar-refractivity contribution in [3.05, 3.63) is 109 Å². The molecular formula is C27H24Cl3N3O2. The number of hydrogen-bond acceptors (Lipinski definition) is 3. The fraction of sp³-hybridized carbons (Fsp3) is 0.185. The molecule has 5 nitrogen and oxygen atoms in total. The zero-order valence-electron chi connectivity index (χ0n) is 19.5. The molecule has 0 saturated heterocycles. The molecule has 8 heteroatoms. The third-order valence-electron chi connectivity index (χ3n) is 5.66. The lowest BCUT2D eigenvalue weighted by Gasteiger charge is -2.11. The Morgan fingerprint density at radius 3 is 2.49 bits per heavy atom. The van der Waals surface area contributed by atoms with Gasteiger partial charge in [-0.25, -0.2) is 0 Å². The topological polar surface area (TPSA) is 56.1 Å². The van der Waals surface area contributed by atoms with Crippen molar-refractivity contribution in [3.63, 3.8) is 0 Å². The van der Waals surface area contributed by atoms with Crippen LogP contribution in [0.2, 0.25) is 15.1 Å². The van der Waals surface area contributed by atoms with Crippen LogP contribution in [-0.4, -0.2) is 15.7 Å². The molecule has 4 rings (SSSR count). The van der Waals surface area contributed by atoms with Crippen molar-refractivity contribution in [2.45, 2.75) is 33.9 Å². The van der Waals surface area contributed by atoms with E-state index < -0.39 is 0 Å². The normalized spacial score (nSPS) is 10.9. The SMILES string of the molecule is Cc1cc(Cl)ccc1OCc1cccc(C(=O)Nc2c(C)nn(Cc3ccc(Cl)c(Cl)c3)c2C)c1. The second kappa shape index (κ2) is 10.7. The molecule has 0 spiro atoms. The van der Waals surface area contributed by atoms with Gasteiger partial charge in [0.15, 0.2) is 0 Å². The van der Waals surface area contributed by atoms with Gasteiger partial charge < -0.3 is 10.1 Å². The Labute approximate surface area is 219 Å². The first kappa shape index (κ1) is 25.1. The lowest BCUT2D eigenvalue weighted by Crippen LogP contribution is -2.14. The third kappa shape index (κ3) is 5.99. The smallest absolute Gasteiger partial charge is 0.255 e. The van der Waals surface area contributed by atoms with Crippen molar-refractivity contribution < 1.29 is 9.53 Å². The van der Waals surface area contributed by atoms with E-state index in [9.17, 15) is 4.79 Å². The maximum absolute atomic E-state index is 13.1. The molecule has 0 aliphatic rings. The predicted octanol–water partition coefficient (Wildman–Crippen LogP) is 7.65. The maximum atomic E-state index is 13.1. The number of benzene rings is 3. The van der Waals surface area contributed by atoms with Gasteiger partial charge in [0.2, 0.25) is 0 Å². The number of ether oxygens (including phenoxy) is 1. The summed E-state index contributed by atoms with van der Waals surface area (Å²) in [5.41, 5.74) is 5.61. The Morgan fingerprint density at radius 1 is 0.943 bits per heavy atom. The largest absolute Gasteiger partial charge is 0.489 e. The summed E-state index contributed by atoms with van der Waals surface area (Å²) in [6.07, 6.45) is 0. The van der Waals surface area contributed by atoms with Gasteiger partial charge >= 0.3 is 0 Å². The number of halogens is 3. The molecule has 180 valence electrons. The quantitative estimate of drug-likeness (QED) is 0.268. The van der Waals surface area contributed by atoms with Crippen LogP contribution in [0.5, 0.6) is 5.75 Å². The molecule has 3 aromatic carbocycles. The molecule has 1 N–H and O–H groups in total. The highest BCUT2D eigenvalue weighted by Gasteiger charge is 2.16. The van der Waals surface area contributed by atoms with Gasteiger partial charge in [0, 0.05) is 10.6 Å². The first-order valence-electron chi connectivity index (χ1n) is 11.0. The van der Waals surface area contributed by atoms with Gasteiger partial charge in [-0.15, -0.1) is 0 Å². The molecule has 35 heavy (non-hydrogen) atoms. The van der Waals surface area contributed by atoms with Crippen molar-refractivity contribution in [3.8, 4) is 5.75 Å². The van der Waals surface area contributed by atoms with E-state index in [-0.39, 0.29) is 5.91 Å². The number of rotatable bonds is 7. The van der Waals surface area contributed by atoms with Gasteiger partial charge in [0.25, 0.3) is 5.91 Å². The highest BCUT2D eigenvalue weighted by Crippen LogP contribution is 2.26. The van der Waals surface area contributed by atoms with Crippen molar-refractivity contribution in [1.29, 1.82) is 0 Å². The summed E-state index contributed by atoms with van der Waals surface area (Å²) >= 11 is 18.2. The minimum atomic E-state index is -0.213. The fourth-order valence-corrected chi connectivity index (χ4v) is 4.31. The van der Waals surface area contributed by atoms with E-state index >= 15 is 0 Å². The van der Waals surface area contributed by atoms with Crippen LogP contribution in [0.4, 0.5) is 5.69 Å². The standard InChI is InChI=1S/C27H24Cl3N3O2/c1-16-11-22(28)8-10-25(16)35-15-20-5-4-6-21(12-20)27(34)31-26-17(2)32-33(18(26)3)14-19-7-9-23(29)24(30)13-19/h4-13H,14-15H2,1-3H3,(H,31,34). The lowest BCUT2D eigenvalue weighted by atomic mass is 10.1. The molecule has 0 unspecified atom stereocenters. The van der Waals surface area contributed by atoms with E-state index in [1.807, 2.05) is 67.9 Å². The maximum Gasteiger partial charge on any atom is 0.255 e. The first-order chi connectivity index (χ1) is 16.7. The van der Waals surface area contributed by atoms with Gasteiger partial charge in [-0.2, -0.15) is 5.10 Å². The van der Waals surface area contributed by atoms with Crippen molar-refractivity contribution in [2.75, 3.05) is 5.32 Å². The number of aryl methyl sites for hydroxylation is 2. The Hall–Kier alpha value is -2.99. The minimum Gasteiger partial charge on any atom is -0.489 e. The summed E-state index contributed by atoms with van der Waals surface area (Å²) in [5.74, 6) is 0.541. The summed E-state index contributed by atoms with van der Waals surface area (Å²) in [6.45, 7) is 6.58. The van der Waals surface area contributed by atoms with Gasteiger partial charge in [0.1, 0.15) is 12.4 Å². The monoisotopic (exact) mass is 527 g/mol. The van der Waals surface area contributed by atoms with Crippen molar-refractivity contribution >= 4 is 46.4 Å². The molecule has 0 aliphatic carbocycles. The summed E-state index contributed by atoms with van der Waals surface area (Å²) in [7, 11) is 0. The number of nitrogens with one attached hydrogen (secondary N) is 1. The number of nitrogens with zero attached hydrogens (tertiary/aromatic N) is 2. The van der Waals surface area contributed by atoms with Gasteiger partial charge in [-0.05, 0) is 79.9 Å². The molecule has 1 aromatic heterocycles. The molecule has 1 amide bonds. The van der Waals surface area contributed by atoms with Crippen LogP contribution in [0, 0.1) is 20.8 Å². The van der Waals surface area contributed by atoms with Crippen LogP contribution < -0.4 is 10.1 Å². The number of carbonyl (C=O) groups excluding carboxylic acids is 1. The summed E-state index contributed by atoms with van der Waals surface area (Å²) in [5, 5.41) is 9.28. The number of anilines is 1. The Morgan fingerprint density at radius 2 is 1.74 bits per heavy atom. The van der Waals surface area contributed by atoms with Crippen LogP contribution in [0.3, 0.4) is 0 Å². The van der Waals surface area contributed by atoms with Crippen LogP contribution in [0.15, 0.2) is 60.7 Å². The first-order valence-corrected chi connectivity index (χ1v) is 12.1. The minimum absolute atomic E-state index is 0.213. The molecule has 1 heterocycles. The number of carbonyl (C=O) groups is 1. The van der Waals surface area contributed by atoms with Crippen molar-refractivity contribution in [2.24, 2.45) is 0 Å². The third-order valence-corrected chi connectivity index (χ3v) is 6.63. The second-order valence-corrected chi connectivity index (χ2v) is 9.56. The molecule has 0 saturated carbocycles. The van der Waals surface area contributed by atoms with E-state index in [0.29, 0.717) is 39.5 Å². The molecule has 0 radical (unpaired) electrons. The van der Waals surface area contributed by atoms with Crippen LogP contribution in [-0.2, 0) is 13.2 Å². The lowest BCUT2D eigenvalue weighted by molar-refractivity contribution is 0.102. The number of aromatic nitrogens is 2. The molecule has 4 aromatic rings. The highest BCUT2D eigenvalue weighted by molar-refractivity contribution is 6.42. The van der Waals surface area contributed by atoms with Gasteiger partial charge in [0.05, 0.1) is 33.7 Å². The van der Waals surface area contributed by atoms with Crippen LogP contribution in [0.1, 0.15) is 38.4 Å². The Bertz CT molecular complexity index is 1400. The van der Waals surface area contributed by atoms with Crippen LogP contribution >= 0.6 is 34.8 Å². The molecule has 0 fully saturated rings. The van der Waals surface area contributed by atoms with Crippen molar-refractivity contribution in [1.82, 2.24) is 9.78 Å².